The number of ether oxygens (including phenoxy) is 1. The summed E-state index contributed by atoms with van der Waals surface area (Å²) in [4.78, 5) is 10.9. The van der Waals surface area contributed by atoms with Gasteiger partial charge in [-0.25, -0.2) is 13.2 Å². The molecule has 2 rings (SSSR count). The van der Waals surface area contributed by atoms with E-state index in [1.54, 1.807) is 18.2 Å². The molecule has 0 unspecified atom stereocenters. The molecule has 0 spiro atoms. The number of sulfone groups is 1. The second-order valence-electron chi connectivity index (χ2n) is 4.15. The normalized spacial score (nSPS) is 11.1. The second kappa shape index (κ2) is 5.34. The van der Waals surface area contributed by atoms with E-state index in [1.807, 2.05) is 0 Å². The second-order valence-corrected chi connectivity index (χ2v) is 6.14. The molecule has 0 aliphatic rings. The van der Waals surface area contributed by atoms with Crippen molar-refractivity contribution < 1.29 is 23.1 Å². The molecule has 0 atom stereocenters. The summed E-state index contributed by atoms with van der Waals surface area (Å²) in [5, 5.41) is 8.91. The Labute approximate surface area is 116 Å². The van der Waals surface area contributed by atoms with Gasteiger partial charge in [-0.1, -0.05) is 18.2 Å². The zero-order chi connectivity index (χ0) is 14.8. The molecule has 104 valence electrons. The van der Waals surface area contributed by atoms with E-state index in [9.17, 15) is 13.2 Å². The van der Waals surface area contributed by atoms with Crippen molar-refractivity contribution in [2.24, 2.45) is 0 Å². The highest BCUT2D eigenvalue weighted by Gasteiger charge is 2.14. The standard InChI is InChI=1S/C14H12O5S/c1-20(17,18)13-8-3-2-7-12(13)19-11-6-4-5-10(9-11)14(15)16/h2-9H,1H3,(H,15,16). The van der Waals surface area contributed by atoms with Crippen LogP contribution in [0.5, 0.6) is 11.5 Å². The molecule has 0 aliphatic heterocycles. The predicted molar refractivity (Wildman–Crippen MR) is 73.0 cm³/mol. The fourth-order valence-electron chi connectivity index (χ4n) is 1.66. The van der Waals surface area contributed by atoms with Crippen molar-refractivity contribution in [2.45, 2.75) is 4.90 Å². The first-order chi connectivity index (χ1) is 9.38. The van der Waals surface area contributed by atoms with E-state index in [1.165, 1.54) is 30.3 Å². The number of hydrogen-bond acceptors (Lipinski definition) is 4. The first-order valence-electron chi connectivity index (χ1n) is 5.68. The molecule has 5 nitrogen and oxygen atoms in total. The van der Waals surface area contributed by atoms with Gasteiger partial charge >= 0.3 is 5.97 Å². The van der Waals surface area contributed by atoms with Crippen molar-refractivity contribution in [3.05, 3.63) is 54.1 Å². The summed E-state index contributed by atoms with van der Waals surface area (Å²) in [7, 11) is -3.42. The van der Waals surface area contributed by atoms with Crippen LogP contribution >= 0.6 is 0 Å². The molecule has 0 aromatic heterocycles. The van der Waals surface area contributed by atoms with Crippen molar-refractivity contribution in [3.8, 4) is 11.5 Å². The van der Waals surface area contributed by atoms with Crippen LogP contribution in [0.15, 0.2) is 53.4 Å². The van der Waals surface area contributed by atoms with Crippen LogP contribution in [0, 0.1) is 0 Å². The number of hydrogen-bond donors (Lipinski definition) is 1. The molecule has 0 radical (unpaired) electrons. The van der Waals surface area contributed by atoms with Crippen molar-refractivity contribution in [1.82, 2.24) is 0 Å². The monoisotopic (exact) mass is 292 g/mol. The molecule has 2 aromatic carbocycles. The molecular weight excluding hydrogens is 280 g/mol. The Morgan fingerprint density at radius 3 is 2.45 bits per heavy atom. The minimum absolute atomic E-state index is 0.0562. The van der Waals surface area contributed by atoms with Gasteiger partial charge in [0.25, 0.3) is 0 Å². The molecule has 0 fully saturated rings. The lowest BCUT2D eigenvalue weighted by Crippen LogP contribution is -2.01. The third-order valence-electron chi connectivity index (χ3n) is 2.56. The summed E-state index contributed by atoms with van der Waals surface area (Å²) in [6, 6.07) is 12.0. The van der Waals surface area contributed by atoms with Gasteiger partial charge in [0.2, 0.25) is 0 Å². The summed E-state index contributed by atoms with van der Waals surface area (Å²) in [5.74, 6) is -0.648. The largest absolute Gasteiger partial charge is 0.478 e. The van der Waals surface area contributed by atoms with Crippen LogP contribution in [0.4, 0.5) is 0 Å². The van der Waals surface area contributed by atoms with E-state index in [0.717, 1.165) is 6.26 Å². The van der Waals surface area contributed by atoms with Gasteiger partial charge in [0.05, 0.1) is 5.56 Å². The average molecular weight is 292 g/mol. The fraction of sp³-hybridized carbons (Fsp3) is 0.0714. The van der Waals surface area contributed by atoms with Crippen LogP contribution in [0.1, 0.15) is 10.4 Å². The number of benzene rings is 2. The summed E-state index contributed by atoms with van der Waals surface area (Å²) in [5.41, 5.74) is 0.0688. The third-order valence-corrected chi connectivity index (χ3v) is 3.69. The molecule has 0 saturated carbocycles. The molecule has 6 heteroatoms. The number of para-hydroxylation sites is 1. The Balaban J connectivity index is 2.41. The Morgan fingerprint density at radius 2 is 1.80 bits per heavy atom. The van der Waals surface area contributed by atoms with E-state index >= 15 is 0 Å². The number of carboxylic acids is 1. The van der Waals surface area contributed by atoms with E-state index in [-0.39, 0.29) is 22.0 Å². The highest BCUT2D eigenvalue weighted by atomic mass is 32.2. The Hall–Kier alpha value is -2.34. The number of carbonyl (C=O) groups is 1. The summed E-state index contributed by atoms with van der Waals surface area (Å²) in [6.45, 7) is 0. The first kappa shape index (κ1) is 14.1. The smallest absolute Gasteiger partial charge is 0.335 e. The number of rotatable bonds is 4. The maximum Gasteiger partial charge on any atom is 0.335 e. The first-order valence-corrected chi connectivity index (χ1v) is 7.57. The minimum atomic E-state index is -3.42. The van der Waals surface area contributed by atoms with Crippen LogP contribution < -0.4 is 4.74 Å². The van der Waals surface area contributed by atoms with Crippen molar-refractivity contribution in [2.75, 3.05) is 6.26 Å². The van der Waals surface area contributed by atoms with E-state index < -0.39 is 15.8 Å². The van der Waals surface area contributed by atoms with Gasteiger partial charge in [-0.15, -0.1) is 0 Å². The Morgan fingerprint density at radius 1 is 1.10 bits per heavy atom. The van der Waals surface area contributed by atoms with Crippen LogP contribution in [0.3, 0.4) is 0 Å². The summed E-state index contributed by atoms with van der Waals surface area (Å²) >= 11 is 0. The molecule has 2 aromatic rings. The lowest BCUT2D eigenvalue weighted by Gasteiger charge is -2.10. The van der Waals surface area contributed by atoms with Gasteiger partial charge in [-0.3, -0.25) is 0 Å². The maximum atomic E-state index is 11.6. The SMILES string of the molecule is CS(=O)(=O)c1ccccc1Oc1cccc(C(=O)O)c1. The topological polar surface area (TPSA) is 80.7 Å². The zero-order valence-electron chi connectivity index (χ0n) is 10.6. The molecule has 0 amide bonds. The molecule has 0 heterocycles. The van der Waals surface area contributed by atoms with Gasteiger partial charge < -0.3 is 9.84 Å². The van der Waals surface area contributed by atoms with E-state index in [4.69, 9.17) is 9.84 Å². The van der Waals surface area contributed by atoms with Crippen LogP contribution in [-0.2, 0) is 9.84 Å². The van der Waals surface area contributed by atoms with E-state index in [2.05, 4.69) is 0 Å². The molecule has 0 bridgehead atoms. The van der Waals surface area contributed by atoms with Gasteiger partial charge in [0.15, 0.2) is 9.84 Å². The predicted octanol–water partition coefficient (Wildman–Crippen LogP) is 2.58. The molecule has 20 heavy (non-hydrogen) atoms. The van der Waals surface area contributed by atoms with Crippen molar-refractivity contribution >= 4 is 15.8 Å². The highest BCUT2D eigenvalue weighted by Crippen LogP contribution is 2.28. The lowest BCUT2D eigenvalue weighted by molar-refractivity contribution is 0.0696. The third kappa shape index (κ3) is 3.16. The van der Waals surface area contributed by atoms with Gasteiger partial charge in [-0.05, 0) is 30.3 Å². The maximum absolute atomic E-state index is 11.6. The van der Waals surface area contributed by atoms with Gasteiger partial charge in [0.1, 0.15) is 16.4 Å². The highest BCUT2D eigenvalue weighted by molar-refractivity contribution is 7.90. The quantitative estimate of drug-likeness (QED) is 0.936. The Kier molecular flexibility index (Phi) is 3.76. The molecule has 0 saturated heterocycles. The van der Waals surface area contributed by atoms with Crippen LogP contribution in [0.25, 0.3) is 0 Å². The van der Waals surface area contributed by atoms with E-state index in [0.29, 0.717) is 0 Å². The fourth-order valence-corrected chi connectivity index (χ4v) is 2.46. The molecule has 0 aliphatic carbocycles. The van der Waals surface area contributed by atoms with Crippen molar-refractivity contribution in [1.29, 1.82) is 0 Å². The van der Waals surface area contributed by atoms with Gasteiger partial charge in [0, 0.05) is 6.26 Å². The lowest BCUT2D eigenvalue weighted by atomic mass is 10.2. The molecule has 1 N–H and O–H groups in total. The molecular formula is C14H12O5S. The number of carboxylic acid groups (broad SMARTS) is 1. The Bertz CT molecular complexity index is 750. The summed E-state index contributed by atoms with van der Waals surface area (Å²) in [6.07, 6.45) is 1.09. The number of aromatic carboxylic acids is 1. The van der Waals surface area contributed by atoms with Crippen LogP contribution in [0.2, 0.25) is 0 Å². The summed E-state index contributed by atoms with van der Waals surface area (Å²) < 4.78 is 28.8. The van der Waals surface area contributed by atoms with Crippen molar-refractivity contribution in [3.63, 3.8) is 0 Å². The van der Waals surface area contributed by atoms with Crippen LogP contribution in [-0.4, -0.2) is 25.7 Å². The van der Waals surface area contributed by atoms with Gasteiger partial charge in [-0.2, -0.15) is 0 Å². The minimum Gasteiger partial charge on any atom is -0.478 e. The zero-order valence-corrected chi connectivity index (χ0v) is 11.4. The average Bonchev–Trinajstić information content (AvgIpc) is 2.38.